The number of nitrogen functional groups attached to an aromatic ring is 2. The molecule has 0 saturated heterocycles. The molecule has 4 aromatic heterocycles. The Morgan fingerprint density at radius 3 is 1.77 bits per heavy atom. The van der Waals surface area contributed by atoms with Crippen molar-refractivity contribution >= 4 is 57.9 Å². The molecule has 0 aliphatic rings. The van der Waals surface area contributed by atoms with Crippen LogP contribution < -0.4 is 39.4 Å². The molecule has 43 heavy (non-hydrogen) atoms. The zero-order chi connectivity index (χ0) is 31.3. The molecule has 21 nitrogen and oxygen atoms in total. The largest absolute Gasteiger partial charge is 0.369 e. The minimum Gasteiger partial charge on any atom is -0.369 e. The van der Waals surface area contributed by atoms with Gasteiger partial charge in [-0.3, -0.25) is 38.7 Å². The van der Waals surface area contributed by atoms with E-state index in [0.29, 0.717) is 0 Å². The van der Waals surface area contributed by atoms with Gasteiger partial charge >= 0.3 is 0 Å². The second-order valence-electron chi connectivity index (χ2n) is 9.23. The zero-order valence-electron chi connectivity index (χ0n) is 22.6. The molecule has 4 amide bonds. The number of primary amides is 1. The number of carbonyl (C=O) groups excluding carboxylic acids is 4. The summed E-state index contributed by atoms with van der Waals surface area (Å²) in [4.78, 5) is 97.0. The predicted molar refractivity (Wildman–Crippen MR) is 150 cm³/mol. The number of hydrogen-bond acceptors (Lipinski definition) is 13. The molecule has 4 heterocycles. The van der Waals surface area contributed by atoms with Crippen LogP contribution in [0.2, 0.25) is 0 Å². The number of hydrogen-bond donors (Lipinski definition) is 7. The Morgan fingerprint density at radius 2 is 1.30 bits per heavy atom. The van der Waals surface area contributed by atoms with E-state index in [0.717, 1.165) is 4.90 Å². The van der Waals surface area contributed by atoms with Crippen molar-refractivity contribution in [3.8, 4) is 0 Å². The van der Waals surface area contributed by atoms with Gasteiger partial charge in [0.05, 0.1) is 25.7 Å². The first-order valence-electron chi connectivity index (χ1n) is 12.7. The van der Waals surface area contributed by atoms with Crippen LogP contribution in [0.1, 0.15) is 0 Å². The number of H-pyrrole nitrogens is 2. The first kappa shape index (κ1) is 30.1. The second kappa shape index (κ2) is 12.8. The number of nitrogens with two attached hydrogens (primary N) is 4. The third-order valence-corrected chi connectivity index (χ3v) is 6.09. The Kier molecular flexibility index (Phi) is 8.93. The molecule has 0 atom stereocenters. The van der Waals surface area contributed by atoms with Gasteiger partial charge in [-0.15, -0.1) is 0 Å². The van der Waals surface area contributed by atoms with Gasteiger partial charge in [0.15, 0.2) is 22.3 Å². The fourth-order valence-electron chi connectivity index (χ4n) is 4.15. The van der Waals surface area contributed by atoms with Crippen LogP contribution >= 0.6 is 0 Å². The molecular weight excluding hydrogens is 570 g/mol. The Morgan fingerprint density at radius 1 is 0.814 bits per heavy atom. The number of amides is 4. The molecule has 0 radical (unpaired) electrons. The van der Waals surface area contributed by atoms with Crippen molar-refractivity contribution in [2.75, 3.05) is 50.7 Å². The molecule has 0 aliphatic heterocycles. The lowest BCUT2D eigenvalue weighted by Gasteiger charge is -2.23. The van der Waals surface area contributed by atoms with E-state index in [1.165, 1.54) is 26.7 Å². The van der Waals surface area contributed by atoms with E-state index in [2.05, 4.69) is 35.2 Å². The van der Waals surface area contributed by atoms with Crippen molar-refractivity contribution < 1.29 is 19.2 Å². The molecule has 0 aromatic carbocycles. The molecule has 0 saturated carbocycles. The number of carbonyl (C=O) groups is 4. The van der Waals surface area contributed by atoms with E-state index in [1.54, 1.807) is 0 Å². The van der Waals surface area contributed by atoms with Crippen molar-refractivity contribution in [1.29, 1.82) is 0 Å². The van der Waals surface area contributed by atoms with Crippen molar-refractivity contribution in [3.05, 3.63) is 33.4 Å². The van der Waals surface area contributed by atoms with Gasteiger partial charge in [0, 0.05) is 26.2 Å². The number of rotatable bonds is 13. The molecule has 0 bridgehead atoms. The number of aromatic nitrogens is 8. The van der Waals surface area contributed by atoms with Gasteiger partial charge in [0.25, 0.3) is 11.1 Å². The standard InChI is InChI=1S/C22H29N15O6/c23-1-3-34(13(40)7-36-9-28-15-17(36)30-21(25)32-19(15)42)6-12(39)27-2-4-35(5-11(24)38)14(41)8-37-10-29-16-18(37)31-22(26)33-20(16)43/h9-10H,1-8,23H2,(H2,24,38)(H,27,39)(H3,25,30,32,42)(H3,26,31,33,43). The molecule has 0 spiro atoms. The van der Waals surface area contributed by atoms with Crippen LogP contribution in [0.4, 0.5) is 11.9 Å². The second-order valence-corrected chi connectivity index (χ2v) is 9.23. The topological polar surface area (TPSA) is 318 Å². The Labute approximate surface area is 240 Å². The van der Waals surface area contributed by atoms with Gasteiger partial charge in [-0.1, -0.05) is 0 Å². The Balaban J connectivity index is 1.36. The minimum atomic E-state index is -0.793. The average molecular weight is 600 g/mol. The van der Waals surface area contributed by atoms with Crippen LogP contribution in [0.15, 0.2) is 22.2 Å². The van der Waals surface area contributed by atoms with Crippen molar-refractivity contribution in [2.45, 2.75) is 13.1 Å². The van der Waals surface area contributed by atoms with Gasteiger partial charge in [-0.2, -0.15) is 9.97 Å². The third kappa shape index (κ3) is 7.08. The number of nitrogens with one attached hydrogen (secondary N) is 3. The molecule has 228 valence electrons. The highest BCUT2D eigenvalue weighted by Gasteiger charge is 2.21. The number of anilines is 2. The molecule has 11 N–H and O–H groups in total. The summed E-state index contributed by atoms with van der Waals surface area (Å²) in [6.45, 7) is -1.55. The lowest BCUT2D eigenvalue weighted by atomic mass is 10.3. The van der Waals surface area contributed by atoms with Crippen LogP contribution in [0.25, 0.3) is 22.3 Å². The van der Waals surface area contributed by atoms with Crippen molar-refractivity contribution in [2.24, 2.45) is 11.5 Å². The predicted octanol–water partition coefficient (Wildman–Crippen LogP) is -5.37. The summed E-state index contributed by atoms with van der Waals surface area (Å²) in [6.07, 6.45) is 2.48. The van der Waals surface area contributed by atoms with Gasteiger partial charge in [-0.05, 0) is 0 Å². The van der Waals surface area contributed by atoms with Gasteiger partial charge < -0.3 is 47.2 Å². The Hall–Kier alpha value is -5.86. The fourth-order valence-corrected chi connectivity index (χ4v) is 4.15. The normalized spacial score (nSPS) is 11.1. The third-order valence-electron chi connectivity index (χ3n) is 6.09. The van der Waals surface area contributed by atoms with Crippen molar-refractivity contribution in [1.82, 2.24) is 54.2 Å². The van der Waals surface area contributed by atoms with Crippen LogP contribution in [-0.4, -0.2) is 112 Å². The molecule has 0 unspecified atom stereocenters. The highest BCUT2D eigenvalue weighted by atomic mass is 16.2. The summed E-state index contributed by atoms with van der Waals surface area (Å²) in [5, 5.41) is 2.59. The monoisotopic (exact) mass is 599 g/mol. The van der Waals surface area contributed by atoms with E-state index < -0.39 is 41.3 Å². The van der Waals surface area contributed by atoms with E-state index in [4.69, 9.17) is 22.9 Å². The Bertz CT molecular complexity index is 1800. The fraction of sp³-hybridized carbons (Fsp3) is 0.364. The molecule has 21 heteroatoms. The lowest BCUT2D eigenvalue weighted by molar-refractivity contribution is -0.137. The van der Waals surface area contributed by atoms with E-state index in [1.807, 2.05) is 0 Å². The van der Waals surface area contributed by atoms with Crippen LogP contribution in [-0.2, 0) is 32.3 Å². The summed E-state index contributed by atoms with van der Waals surface area (Å²) in [6, 6.07) is 0. The number of aromatic amines is 2. The summed E-state index contributed by atoms with van der Waals surface area (Å²) in [7, 11) is 0. The number of nitrogens with zero attached hydrogens (tertiary/aromatic N) is 8. The quantitative estimate of drug-likeness (QED) is 0.0755. The van der Waals surface area contributed by atoms with Gasteiger partial charge in [0.2, 0.25) is 35.5 Å². The molecule has 0 aliphatic carbocycles. The number of imidazole rings is 2. The van der Waals surface area contributed by atoms with Crippen LogP contribution in [0, 0.1) is 0 Å². The first-order chi connectivity index (χ1) is 20.5. The average Bonchev–Trinajstić information content (AvgIpc) is 3.51. The number of fused-ring (bicyclic) bond motifs is 2. The summed E-state index contributed by atoms with van der Waals surface area (Å²) in [5.74, 6) is -2.76. The highest BCUT2D eigenvalue weighted by Crippen LogP contribution is 2.08. The SMILES string of the molecule is NCCN(CC(=O)NCCN(CC(N)=O)C(=O)Cn1cnc2c(=O)[nH]c(N)nc21)C(=O)Cn1cnc2c(=O)[nH]c(N)nc21. The maximum Gasteiger partial charge on any atom is 0.280 e. The summed E-state index contributed by atoms with van der Waals surface area (Å²) < 4.78 is 2.61. The molecule has 0 fully saturated rings. The highest BCUT2D eigenvalue weighted by molar-refractivity contribution is 5.86. The smallest absolute Gasteiger partial charge is 0.280 e. The molecule has 4 rings (SSSR count). The molecule has 4 aromatic rings. The lowest BCUT2D eigenvalue weighted by Crippen LogP contribution is -2.47. The molecular formula is C22H29N15O6. The summed E-state index contributed by atoms with van der Waals surface area (Å²) in [5.41, 5.74) is 21.1. The minimum absolute atomic E-state index is 0.00421. The van der Waals surface area contributed by atoms with Crippen LogP contribution in [0.5, 0.6) is 0 Å². The maximum atomic E-state index is 13.0. The van der Waals surface area contributed by atoms with Gasteiger partial charge in [-0.25, -0.2) is 9.97 Å². The van der Waals surface area contributed by atoms with Gasteiger partial charge in [0.1, 0.15) is 13.1 Å². The van der Waals surface area contributed by atoms with E-state index in [-0.39, 0.29) is 80.0 Å². The van der Waals surface area contributed by atoms with E-state index in [9.17, 15) is 28.8 Å². The van der Waals surface area contributed by atoms with Crippen LogP contribution in [0.3, 0.4) is 0 Å². The van der Waals surface area contributed by atoms with E-state index >= 15 is 0 Å². The van der Waals surface area contributed by atoms with Crippen molar-refractivity contribution in [3.63, 3.8) is 0 Å². The summed E-state index contributed by atoms with van der Waals surface area (Å²) >= 11 is 0. The zero-order valence-corrected chi connectivity index (χ0v) is 22.6. The maximum absolute atomic E-state index is 13.0. The first-order valence-corrected chi connectivity index (χ1v) is 12.7.